The van der Waals surface area contributed by atoms with E-state index in [4.69, 9.17) is 4.74 Å². The van der Waals surface area contributed by atoms with Gasteiger partial charge < -0.3 is 15.4 Å². The summed E-state index contributed by atoms with van der Waals surface area (Å²) < 4.78 is 6.52. The summed E-state index contributed by atoms with van der Waals surface area (Å²) >= 11 is 2.30. The molecule has 0 saturated heterocycles. The molecule has 22 heavy (non-hydrogen) atoms. The van der Waals surface area contributed by atoms with E-state index < -0.39 is 5.60 Å². The minimum Gasteiger partial charge on any atom is -0.444 e. The Bertz CT molecular complexity index is 469. The lowest BCUT2D eigenvalue weighted by Crippen LogP contribution is -2.44. The molecule has 0 heterocycles. The molecule has 4 nitrogen and oxygen atoms in total. The van der Waals surface area contributed by atoms with Gasteiger partial charge in [0.05, 0.1) is 0 Å². The Kier molecular flexibility index (Phi) is 7.62. The van der Waals surface area contributed by atoms with Crippen LogP contribution in [-0.2, 0) is 4.74 Å². The summed E-state index contributed by atoms with van der Waals surface area (Å²) in [6.45, 7) is 10.5. The first kappa shape index (κ1) is 19.2. The highest BCUT2D eigenvalue weighted by Crippen LogP contribution is 2.14. The van der Waals surface area contributed by atoms with Crippen molar-refractivity contribution in [2.45, 2.75) is 58.7 Å². The van der Waals surface area contributed by atoms with Crippen molar-refractivity contribution in [2.75, 3.05) is 6.54 Å². The van der Waals surface area contributed by atoms with Crippen LogP contribution in [0.25, 0.3) is 0 Å². The van der Waals surface area contributed by atoms with Crippen molar-refractivity contribution in [1.29, 1.82) is 0 Å². The molecule has 0 bridgehead atoms. The fourth-order valence-electron chi connectivity index (χ4n) is 1.96. The van der Waals surface area contributed by atoms with Gasteiger partial charge in [0.15, 0.2) is 0 Å². The van der Waals surface area contributed by atoms with E-state index in [0.29, 0.717) is 6.54 Å². The molecule has 124 valence electrons. The Morgan fingerprint density at radius 3 is 2.36 bits per heavy atom. The van der Waals surface area contributed by atoms with Gasteiger partial charge in [0.25, 0.3) is 0 Å². The van der Waals surface area contributed by atoms with Gasteiger partial charge in [-0.3, -0.25) is 0 Å². The van der Waals surface area contributed by atoms with Crippen molar-refractivity contribution in [2.24, 2.45) is 0 Å². The van der Waals surface area contributed by atoms with E-state index >= 15 is 0 Å². The van der Waals surface area contributed by atoms with Crippen molar-refractivity contribution in [1.82, 2.24) is 10.6 Å². The van der Waals surface area contributed by atoms with E-state index in [1.165, 1.54) is 9.13 Å². The number of hydrogen-bond acceptors (Lipinski definition) is 3. The number of benzene rings is 1. The first-order chi connectivity index (χ1) is 10.2. The van der Waals surface area contributed by atoms with Crippen molar-refractivity contribution in [3.63, 3.8) is 0 Å². The smallest absolute Gasteiger partial charge is 0.407 e. The number of alkyl carbamates (subject to hydrolysis) is 1. The zero-order valence-corrected chi connectivity index (χ0v) is 16.2. The standard InChI is InChI=1S/C17H27IN2O2/c1-6-15(20-16(21)22-17(3,4)5)11-19-12(2)13-7-9-14(18)10-8-13/h7-10,12,15,19H,6,11H2,1-5H3,(H,20,21). The number of amides is 1. The van der Waals surface area contributed by atoms with E-state index in [0.717, 1.165) is 6.42 Å². The van der Waals surface area contributed by atoms with Crippen LogP contribution < -0.4 is 10.6 Å². The van der Waals surface area contributed by atoms with Gasteiger partial charge >= 0.3 is 6.09 Å². The molecule has 0 aliphatic rings. The fourth-order valence-corrected chi connectivity index (χ4v) is 2.32. The molecular formula is C17H27IN2O2. The van der Waals surface area contributed by atoms with Gasteiger partial charge in [0.2, 0.25) is 0 Å². The minimum atomic E-state index is -0.468. The number of nitrogens with one attached hydrogen (secondary N) is 2. The maximum absolute atomic E-state index is 11.8. The Morgan fingerprint density at radius 2 is 1.86 bits per heavy atom. The molecule has 0 aromatic heterocycles. The van der Waals surface area contributed by atoms with Crippen LogP contribution >= 0.6 is 22.6 Å². The minimum absolute atomic E-state index is 0.0566. The van der Waals surface area contributed by atoms with Crippen LogP contribution in [0.15, 0.2) is 24.3 Å². The van der Waals surface area contributed by atoms with Gasteiger partial charge in [-0.15, -0.1) is 0 Å². The molecule has 2 atom stereocenters. The summed E-state index contributed by atoms with van der Waals surface area (Å²) in [5, 5.41) is 6.38. The van der Waals surface area contributed by atoms with Crippen LogP contribution in [0, 0.1) is 3.57 Å². The number of carbonyl (C=O) groups is 1. The summed E-state index contributed by atoms with van der Waals surface area (Å²) in [5.41, 5.74) is 0.775. The highest BCUT2D eigenvalue weighted by molar-refractivity contribution is 14.1. The Hall–Kier alpha value is -0.820. The van der Waals surface area contributed by atoms with Crippen LogP contribution in [0.2, 0.25) is 0 Å². The molecule has 0 saturated carbocycles. The van der Waals surface area contributed by atoms with Gasteiger partial charge in [-0.25, -0.2) is 4.79 Å². The van der Waals surface area contributed by atoms with Crippen molar-refractivity contribution < 1.29 is 9.53 Å². The second kappa shape index (κ2) is 8.72. The van der Waals surface area contributed by atoms with Gasteiger partial charge in [0.1, 0.15) is 5.60 Å². The predicted molar refractivity (Wildman–Crippen MR) is 99.0 cm³/mol. The third-order valence-electron chi connectivity index (χ3n) is 3.25. The van der Waals surface area contributed by atoms with Crippen LogP contribution in [0.4, 0.5) is 4.79 Å². The molecule has 0 fully saturated rings. The average molecular weight is 418 g/mol. The lowest BCUT2D eigenvalue weighted by atomic mass is 10.1. The quantitative estimate of drug-likeness (QED) is 0.680. The number of ether oxygens (including phenoxy) is 1. The molecule has 5 heteroatoms. The number of carbonyl (C=O) groups excluding carboxylic acids is 1. The van der Waals surface area contributed by atoms with Gasteiger partial charge in [-0.1, -0.05) is 19.1 Å². The molecule has 0 radical (unpaired) electrons. The summed E-state index contributed by atoms with van der Waals surface area (Å²) in [4.78, 5) is 11.8. The molecule has 1 aromatic rings. The zero-order valence-electron chi connectivity index (χ0n) is 14.1. The second-order valence-corrected chi connectivity index (χ2v) is 7.68. The van der Waals surface area contributed by atoms with Crippen LogP contribution in [0.3, 0.4) is 0 Å². The van der Waals surface area contributed by atoms with Crippen molar-refractivity contribution >= 4 is 28.7 Å². The third kappa shape index (κ3) is 7.45. The molecule has 1 amide bonds. The van der Waals surface area contributed by atoms with E-state index in [-0.39, 0.29) is 18.2 Å². The van der Waals surface area contributed by atoms with Gasteiger partial charge in [-0.05, 0) is 74.4 Å². The molecule has 1 rings (SSSR count). The number of hydrogen-bond donors (Lipinski definition) is 2. The van der Waals surface area contributed by atoms with E-state index in [1.807, 2.05) is 20.8 Å². The predicted octanol–water partition coefficient (Wildman–Crippen LogP) is 4.25. The van der Waals surface area contributed by atoms with Crippen LogP contribution in [0.1, 0.15) is 52.6 Å². The van der Waals surface area contributed by atoms with Crippen molar-refractivity contribution in [3.05, 3.63) is 33.4 Å². The lowest BCUT2D eigenvalue weighted by Gasteiger charge is -2.24. The normalized spacial score (nSPS) is 14.3. The molecule has 0 aliphatic carbocycles. The first-order valence-corrected chi connectivity index (χ1v) is 8.77. The zero-order chi connectivity index (χ0) is 16.8. The van der Waals surface area contributed by atoms with E-state index in [9.17, 15) is 4.79 Å². The summed E-state index contributed by atoms with van der Waals surface area (Å²) in [5.74, 6) is 0. The lowest BCUT2D eigenvalue weighted by molar-refractivity contribution is 0.0502. The highest BCUT2D eigenvalue weighted by atomic mass is 127. The summed E-state index contributed by atoms with van der Waals surface area (Å²) in [6, 6.07) is 8.76. The molecule has 2 N–H and O–H groups in total. The number of rotatable bonds is 6. The van der Waals surface area contributed by atoms with Crippen molar-refractivity contribution in [3.8, 4) is 0 Å². The molecular weight excluding hydrogens is 391 g/mol. The molecule has 0 spiro atoms. The van der Waals surface area contributed by atoms with Crippen LogP contribution in [-0.4, -0.2) is 24.3 Å². The number of halogens is 1. The van der Waals surface area contributed by atoms with Crippen LogP contribution in [0.5, 0.6) is 0 Å². The monoisotopic (exact) mass is 418 g/mol. The highest BCUT2D eigenvalue weighted by Gasteiger charge is 2.19. The third-order valence-corrected chi connectivity index (χ3v) is 3.97. The van der Waals surface area contributed by atoms with E-state index in [2.05, 4.69) is 71.3 Å². The van der Waals surface area contributed by atoms with Gasteiger partial charge in [0, 0.05) is 22.2 Å². The summed E-state index contributed by atoms with van der Waals surface area (Å²) in [7, 11) is 0. The topological polar surface area (TPSA) is 50.4 Å². The van der Waals surface area contributed by atoms with E-state index in [1.54, 1.807) is 0 Å². The molecule has 0 aliphatic heterocycles. The maximum atomic E-state index is 11.8. The average Bonchev–Trinajstić information content (AvgIpc) is 2.41. The SMILES string of the molecule is CCC(CNC(C)c1ccc(I)cc1)NC(=O)OC(C)(C)C. The molecule has 2 unspecified atom stereocenters. The first-order valence-electron chi connectivity index (χ1n) is 7.69. The largest absolute Gasteiger partial charge is 0.444 e. The van der Waals surface area contributed by atoms with Gasteiger partial charge in [-0.2, -0.15) is 0 Å². The summed E-state index contributed by atoms with van der Waals surface area (Å²) in [6.07, 6.45) is 0.495. The second-order valence-electron chi connectivity index (χ2n) is 6.43. The Morgan fingerprint density at radius 1 is 1.27 bits per heavy atom. The molecule has 1 aromatic carbocycles. The Balaban J connectivity index is 2.46. The fraction of sp³-hybridized carbons (Fsp3) is 0.588. The maximum Gasteiger partial charge on any atom is 0.407 e. The Labute approximate surface area is 147 Å².